The number of aryl methyl sites for hydroxylation is 1. The highest BCUT2D eigenvalue weighted by molar-refractivity contribution is 7.80. The van der Waals surface area contributed by atoms with E-state index in [-0.39, 0.29) is 5.75 Å². The molecule has 0 saturated heterocycles. The van der Waals surface area contributed by atoms with Gasteiger partial charge in [0.25, 0.3) is 0 Å². The summed E-state index contributed by atoms with van der Waals surface area (Å²) >= 11 is 5.35. The third kappa shape index (κ3) is 3.67. The van der Waals surface area contributed by atoms with Crippen molar-refractivity contribution in [1.82, 2.24) is 9.36 Å². The molecule has 1 heterocycles. The molecule has 2 aromatic rings. The van der Waals surface area contributed by atoms with Gasteiger partial charge in [-0.1, -0.05) is 0 Å². The predicted molar refractivity (Wildman–Crippen MR) is 84.1 cm³/mol. The van der Waals surface area contributed by atoms with E-state index in [1.807, 2.05) is 18.0 Å². The molecule has 0 fully saturated rings. The van der Waals surface area contributed by atoms with Crippen LogP contribution in [0, 0.1) is 6.92 Å². The molecular formula is C12H15N5OS2. The Morgan fingerprint density at radius 2 is 2.20 bits per heavy atom. The molecule has 0 radical (unpaired) electrons. The number of nitrogens with zero attached hydrogens (tertiary/aromatic N) is 5. The van der Waals surface area contributed by atoms with Crippen LogP contribution < -0.4 is 4.90 Å². The first-order chi connectivity index (χ1) is 9.60. The number of benzene rings is 1. The number of phenols is 1. The Morgan fingerprint density at radius 1 is 1.40 bits per heavy atom. The highest BCUT2D eigenvalue weighted by atomic mass is 32.1. The summed E-state index contributed by atoms with van der Waals surface area (Å²) in [7, 11) is 1.94. The zero-order valence-electron chi connectivity index (χ0n) is 11.2. The lowest BCUT2D eigenvalue weighted by molar-refractivity contribution is 0.476. The quantitative estimate of drug-likeness (QED) is 0.656. The van der Waals surface area contributed by atoms with Gasteiger partial charge >= 0.3 is 0 Å². The summed E-state index contributed by atoms with van der Waals surface area (Å²) in [5.74, 6) is 1.49. The van der Waals surface area contributed by atoms with E-state index in [0.717, 1.165) is 18.0 Å². The van der Waals surface area contributed by atoms with Crippen molar-refractivity contribution in [2.24, 2.45) is 10.2 Å². The van der Waals surface area contributed by atoms with Crippen molar-refractivity contribution in [3.05, 3.63) is 24.0 Å². The molecule has 2 rings (SSSR count). The van der Waals surface area contributed by atoms with Crippen molar-refractivity contribution in [1.29, 1.82) is 0 Å². The van der Waals surface area contributed by atoms with Crippen molar-refractivity contribution >= 4 is 40.7 Å². The Labute approximate surface area is 126 Å². The average molecular weight is 309 g/mol. The molecule has 8 heteroatoms. The van der Waals surface area contributed by atoms with E-state index >= 15 is 0 Å². The van der Waals surface area contributed by atoms with Gasteiger partial charge in [-0.15, -0.1) is 10.2 Å². The van der Waals surface area contributed by atoms with Gasteiger partial charge in [-0.2, -0.15) is 17.0 Å². The van der Waals surface area contributed by atoms with Crippen molar-refractivity contribution in [2.75, 3.05) is 24.2 Å². The van der Waals surface area contributed by atoms with Gasteiger partial charge in [-0.3, -0.25) is 0 Å². The number of anilines is 1. The second-order valence-electron chi connectivity index (χ2n) is 4.14. The van der Waals surface area contributed by atoms with Crippen molar-refractivity contribution in [3.8, 4) is 5.75 Å². The highest BCUT2D eigenvalue weighted by Gasteiger charge is 2.06. The van der Waals surface area contributed by atoms with Crippen LogP contribution in [0.15, 0.2) is 28.4 Å². The molecule has 0 aliphatic rings. The summed E-state index contributed by atoms with van der Waals surface area (Å²) in [6, 6.07) is 5.25. The van der Waals surface area contributed by atoms with Crippen LogP contribution in [-0.2, 0) is 0 Å². The average Bonchev–Trinajstić information content (AvgIpc) is 2.83. The van der Waals surface area contributed by atoms with Gasteiger partial charge in [0.05, 0.1) is 0 Å². The topological polar surface area (TPSA) is 74.0 Å². The Bertz CT molecular complexity index is 614. The molecule has 0 bridgehead atoms. The first kappa shape index (κ1) is 14.7. The molecule has 0 aliphatic heterocycles. The van der Waals surface area contributed by atoms with Crippen molar-refractivity contribution in [3.63, 3.8) is 0 Å². The molecule has 0 amide bonds. The van der Waals surface area contributed by atoms with Crippen LogP contribution >= 0.6 is 24.2 Å². The molecule has 0 unspecified atom stereocenters. The van der Waals surface area contributed by atoms with Crippen LogP contribution in [0.4, 0.5) is 16.5 Å². The zero-order chi connectivity index (χ0) is 14.5. The first-order valence-electron chi connectivity index (χ1n) is 5.97. The maximum Gasteiger partial charge on any atom is 0.249 e. The predicted octanol–water partition coefficient (Wildman–Crippen LogP) is 3.33. The maximum absolute atomic E-state index is 9.96. The van der Waals surface area contributed by atoms with Crippen LogP contribution in [-0.4, -0.2) is 33.8 Å². The number of rotatable bonds is 5. The molecule has 1 aromatic carbocycles. The van der Waals surface area contributed by atoms with Gasteiger partial charge in [-0.25, -0.2) is 4.98 Å². The summed E-state index contributed by atoms with van der Waals surface area (Å²) in [5, 5.41) is 18.4. The zero-order valence-corrected chi connectivity index (χ0v) is 12.9. The van der Waals surface area contributed by atoms with E-state index in [9.17, 15) is 5.11 Å². The van der Waals surface area contributed by atoms with Gasteiger partial charge in [0.1, 0.15) is 17.3 Å². The van der Waals surface area contributed by atoms with Crippen molar-refractivity contribution < 1.29 is 5.11 Å². The molecule has 0 saturated carbocycles. The molecule has 1 aromatic heterocycles. The smallest absolute Gasteiger partial charge is 0.249 e. The molecule has 106 valence electrons. The van der Waals surface area contributed by atoms with Gasteiger partial charge in [-0.05, 0) is 19.1 Å². The lowest BCUT2D eigenvalue weighted by Crippen LogP contribution is -2.19. The number of hydrogen-bond acceptors (Lipinski definition) is 8. The summed E-state index contributed by atoms with van der Waals surface area (Å²) in [6.45, 7) is 2.59. The summed E-state index contributed by atoms with van der Waals surface area (Å²) in [6.07, 6.45) is 0. The number of thiol groups is 1. The standard InChI is InChI=1S/C12H15N5OS2/c1-8-13-12(20-16-8)15-14-10-4-3-9(7-11(10)18)17(2)5-6-19/h3-4,7,18-19H,5-6H2,1-2H3. The second-order valence-corrected chi connectivity index (χ2v) is 5.32. The van der Waals surface area contributed by atoms with E-state index in [1.54, 1.807) is 19.1 Å². The third-order valence-electron chi connectivity index (χ3n) is 2.60. The van der Waals surface area contributed by atoms with E-state index in [1.165, 1.54) is 11.5 Å². The molecule has 6 nitrogen and oxygen atoms in total. The van der Waals surface area contributed by atoms with Gasteiger partial charge < -0.3 is 10.0 Å². The second kappa shape index (κ2) is 6.67. The normalized spacial score (nSPS) is 11.2. The number of azo groups is 1. The molecule has 1 N–H and O–H groups in total. The minimum absolute atomic E-state index is 0.0819. The fraction of sp³-hybridized carbons (Fsp3) is 0.333. The van der Waals surface area contributed by atoms with Gasteiger partial charge in [0.15, 0.2) is 0 Å². The number of hydrogen-bond donors (Lipinski definition) is 2. The lowest BCUT2D eigenvalue weighted by atomic mass is 10.2. The highest BCUT2D eigenvalue weighted by Crippen LogP contribution is 2.32. The van der Waals surface area contributed by atoms with Crippen LogP contribution in [0.25, 0.3) is 0 Å². The van der Waals surface area contributed by atoms with Crippen LogP contribution in [0.3, 0.4) is 0 Å². The molecule has 0 aliphatic carbocycles. The minimum Gasteiger partial charge on any atom is -0.506 e. The summed E-state index contributed by atoms with van der Waals surface area (Å²) < 4.78 is 4.01. The number of aromatic hydroxyl groups is 1. The SMILES string of the molecule is Cc1nsc(N=Nc2ccc(N(C)CCS)cc2O)n1. The van der Waals surface area contributed by atoms with Crippen LogP contribution in [0.2, 0.25) is 0 Å². The first-order valence-corrected chi connectivity index (χ1v) is 7.38. The summed E-state index contributed by atoms with van der Waals surface area (Å²) in [5.41, 5.74) is 1.31. The summed E-state index contributed by atoms with van der Waals surface area (Å²) in [4.78, 5) is 6.08. The fourth-order valence-electron chi connectivity index (χ4n) is 1.54. The number of phenolic OH excluding ortho intramolecular Hbond substituents is 1. The Balaban J connectivity index is 2.15. The Morgan fingerprint density at radius 3 is 2.80 bits per heavy atom. The third-order valence-corrected chi connectivity index (χ3v) is 3.49. The Hall–Kier alpha value is -1.67. The van der Waals surface area contributed by atoms with Gasteiger partial charge in [0, 0.05) is 42.6 Å². The largest absolute Gasteiger partial charge is 0.506 e. The fourth-order valence-corrected chi connectivity index (χ4v) is 2.34. The van der Waals surface area contributed by atoms with E-state index in [2.05, 4.69) is 32.2 Å². The lowest BCUT2D eigenvalue weighted by Gasteiger charge is -2.18. The van der Waals surface area contributed by atoms with E-state index in [0.29, 0.717) is 16.6 Å². The molecule has 20 heavy (non-hydrogen) atoms. The Kier molecular flexibility index (Phi) is 4.91. The molecule has 0 atom stereocenters. The van der Waals surface area contributed by atoms with Gasteiger partial charge in [0.2, 0.25) is 5.13 Å². The maximum atomic E-state index is 9.96. The van der Waals surface area contributed by atoms with Crippen molar-refractivity contribution in [2.45, 2.75) is 6.92 Å². The molecule has 0 spiro atoms. The van der Waals surface area contributed by atoms with Crippen LogP contribution in [0.5, 0.6) is 5.75 Å². The minimum atomic E-state index is 0.0819. The van der Waals surface area contributed by atoms with E-state index in [4.69, 9.17) is 0 Å². The van der Waals surface area contributed by atoms with Crippen LogP contribution in [0.1, 0.15) is 5.82 Å². The van der Waals surface area contributed by atoms with E-state index < -0.39 is 0 Å². The molecular weight excluding hydrogens is 294 g/mol. The number of aromatic nitrogens is 2. The monoisotopic (exact) mass is 309 g/mol.